The van der Waals surface area contributed by atoms with E-state index < -0.39 is 24.0 Å². The van der Waals surface area contributed by atoms with Crippen molar-refractivity contribution in [3.8, 4) is 0 Å². The molecule has 0 radical (unpaired) electrons. The summed E-state index contributed by atoms with van der Waals surface area (Å²) in [6.07, 6.45) is 0.707. The summed E-state index contributed by atoms with van der Waals surface area (Å²) in [4.78, 5) is 35.6. The molecule has 2 atom stereocenters. The van der Waals surface area contributed by atoms with Crippen molar-refractivity contribution in [2.75, 3.05) is 19.0 Å². The number of hydrogen-bond donors (Lipinski definition) is 2. The van der Waals surface area contributed by atoms with Gasteiger partial charge in [0.15, 0.2) is 0 Å². The van der Waals surface area contributed by atoms with Crippen LogP contribution in [0.5, 0.6) is 0 Å². The first-order valence-electron chi connectivity index (χ1n) is 7.85. The first kappa shape index (κ1) is 19.5. The van der Waals surface area contributed by atoms with Crippen molar-refractivity contribution in [2.24, 2.45) is 5.92 Å². The molecule has 7 heteroatoms. The molecule has 0 aromatic heterocycles. The van der Waals surface area contributed by atoms with Gasteiger partial charge in [0, 0.05) is 5.69 Å². The Hall–Kier alpha value is -2.57. The Morgan fingerprint density at radius 1 is 1.21 bits per heavy atom. The molecule has 2 N–H and O–H groups in total. The number of carbonyl (C=O) groups excluding carboxylic acids is 3. The molecule has 0 saturated carbocycles. The third-order valence-corrected chi connectivity index (χ3v) is 3.59. The number of esters is 2. The number of ether oxygens (including phenoxy) is 2. The van der Waals surface area contributed by atoms with Gasteiger partial charge in [-0.1, -0.05) is 26.3 Å². The maximum atomic E-state index is 12.1. The number of urea groups is 1. The van der Waals surface area contributed by atoms with E-state index in [1.165, 1.54) is 13.2 Å². The van der Waals surface area contributed by atoms with Crippen LogP contribution < -0.4 is 10.6 Å². The van der Waals surface area contributed by atoms with Crippen molar-refractivity contribution in [1.82, 2.24) is 5.32 Å². The van der Waals surface area contributed by atoms with Crippen LogP contribution in [-0.4, -0.2) is 37.7 Å². The van der Waals surface area contributed by atoms with E-state index >= 15 is 0 Å². The van der Waals surface area contributed by atoms with Gasteiger partial charge in [0.05, 0.1) is 19.3 Å². The van der Waals surface area contributed by atoms with E-state index in [0.717, 1.165) is 0 Å². The molecule has 1 aromatic carbocycles. The molecule has 0 heterocycles. The summed E-state index contributed by atoms with van der Waals surface area (Å²) in [6, 6.07) is 5.08. The van der Waals surface area contributed by atoms with E-state index in [-0.39, 0.29) is 12.5 Å². The molecule has 0 aliphatic rings. The minimum atomic E-state index is -0.742. The number of rotatable bonds is 7. The summed E-state index contributed by atoms with van der Waals surface area (Å²) in [5.41, 5.74) is 0.756. The van der Waals surface area contributed by atoms with E-state index in [4.69, 9.17) is 9.47 Å². The van der Waals surface area contributed by atoms with E-state index in [0.29, 0.717) is 17.7 Å². The van der Waals surface area contributed by atoms with E-state index in [2.05, 4.69) is 10.6 Å². The average molecular weight is 336 g/mol. The fraction of sp³-hybridized carbons (Fsp3) is 0.471. The molecule has 0 spiro atoms. The Morgan fingerprint density at radius 3 is 2.50 bits per heavy atom. The molecular formula is C17H24N2O5. The van der Waals surface area contributed by atoms with Gasteiger partial charge in [-0.3, -0.25) is 0 Å². The molecule has 7 nitrogen and oxygen atoms in total. The predicted molar refractivity (Wildman–Crippen MR) is 89.8 cm³/mol. The van der Waals surface area contributed by atoms with E-state index in [1.807, 2.05) is 13.8 Å². The van der Waals surface area contributed by atoms with Crippen LogP contribution in [0, 0.1) is 5.92 Å². The fourth-order valence-electron chi connectivity index (χ4n) is 2.04. The standard InChI is InChI=1S/C17H24N2O5/c1-5-11(3)14(16(21)23-4)19-17(22)18-13-9-7-8-12(10-13)15(20)24-6-2/h7-11,14H,5-6H2,1-4H3,(H2,18,19,22)/t11-,14-/m0/s1. The number of hydrogen-bond acceptors (Lipinski definition) is 5. The highest BCUT2D eigenvalue weighted by molar-refractivity contribution is 5.95. The summed E-state index contributed by atoms with van der Waals surface area (Å²) in [7, 11) is 1.28. The molecule has 0 unspecified atom stereocenters. The van der Waals surface area contributed by atoms with Crippen LogP contribution in [0.25, 0.3) is 0 Å². The van der Waals surface area contributed by atoms with Crippen LogP contribution in [0.3, 0.4) is 0 Å². The molecule has 0 fully saturated rings. The second-order valence-corrected chi connectivity index (χ2v) is 5.29. The number of nitrogens with one attached hydrogen (secondary N) is 2. The van der Waals surface area contributed by atoms with Crippen molar-refractivity contribution in [1.29, 1.82) is 0 Å². The summed E-state index contributed by atoms with van der Waals surface area (Å²) in [6.45, 7) is 5.76. The van der Waals surface area contributed by atoms with Crippen molar-refractivity contribution >= 4 is 23.7 Å². The first-order chi connectivity index (χ1) is 11.4. The SMILES string of the molecule is CCOC(=O)c1cccc(NC(=O)N[C@H](C(=O)OC)[C@@H](C)CC)c1. The summed E-state index contributed by atoms with van der Waals surface area (Å²) >= 11 is 0. The van der Waals surface area contributed by atoms with Gasteiger partial charge in [-0.15, -0.1) is 0 Å². The summed E-state index contributed by atoms with van der Waals surface area (Å²) in [5, 5.41) is 5.20. The molecule has 24 heavy (non-hydrogen) atoms. The van der Waals surface area contributed by atoms with Crippen molar-refractivity contribution in [3.63, 3.8) is 0 Å². The lowest BCUT2D eigenvalue weighted by atomic mass is 9.99. The van der Waals surface area contributed by atoms with E-state index in [9.17, 15) is 14.4 Å². The largest absolute Gasteiger partial charge is 0.467 e. The lowest BCUT2D eigenvalue weighted by molar-refractivity contribution is -0.144. The highest BCUT2D eigenvalue weighted by Crippen LogP contribution is 2.13. The Bertz CT molecular complexity index is 588. The van der Waals surface area contributed by atoms with Gasteiger partial charge in [-0.25, -0.2) is 14.4 Å². The Morgan fingerprint density at radius 2 is 1.92 bits per heavy atom. The highest BCUT2D eigenvalue weighted by Gasteiger charge is 2.26. The zero-order valence-electron chi connectivity index (χ0n) is 14.4. The normalized spacial score (nSPS) is 12.7. The number of anilines is 1. The lowest BCUT2D eigenvalue weighted by Gasteiger charge is -2.22. The average Bonchev–Trinajstić information content (AvgIpc) is 2.58. The monoisotopic (exact) mass is 336 g/mol. The van der Waals surface area contributed by atoms with Gasteiger partial charge in [-0.05, 0) is 31.0 Å². The van der Waals surface area contributed by atoms with E-state index in [1.54, 1.807) is 25.1 Å². The molecule has 0 aliphatic heterocycles. The third kappa shape index (κ3) is 5.57. The minimum Gasteiger partial charge on any atom is -0.467 e. The molecule has 132 valence electrons. The second-order valence-electron chi connectivity index (χ2n) is 5.29. The van der Waals surface area contributed by atoms with Gasteiger partial charge in [0.25, 0.3) is 0 Å². The topological polar surface area (TPSA) is 93.7 Å². The van der Waals surface area contributed by atoms with Crippen LogP contribution in [0.2, 0.25) is 0 Å². The first-order valence-corrected chi connectivity index (χ1v) is 7.85. The maximum absolute atomic E-state index is 12.1. The molecule has 1 rings (SSSR count). The number of amides is 2. The quantitative estimate of drug-likeness (QED) is 0.746. The van der Waals surface area contributed by atoms with Crippen LogP contribution in [0.4, 0.5) is 10.5 Å². The Balaban J connectivity index is 2.78. The van der Waals surface area contributed by atoms with Gasteiger partial charge >= 0.3 is 18.0 Å². The third-order valence-electron chi connectivity index (χ3n) is 3.59. The van der Waals surface area contributed by atoms with Crippen LogP contribution in [0.15, 0.2) is 24.3 Å². The Labute approximate surface area is 141 Å². The lowest BCUT2D eigenvalue weighted by Crippen LogP contribution is -2.47. The molecule has 0 saturated heterocycles. The predicted octanol–water partition coefficient (Wildman–Crippen LogP) is 2.57. The zero-order chi connectivity index (χ0) is 18.1. The van der Waals surface area contributed by atoms with Gasteiger partial charge in [0.2, 0.25) is 0 Å². The number of benzene rings is 1. The molecule has 0 bridgehead atoms. The van der Waals surface area contributed by atoms with Crippen LogP contribution in [-0.2, 0) is 14.3 Å². The molecular weight excluding hydrogens is 312 g/mol. The molecule has 0 aliphatic carbocycles. The smallest absolute Gasteiger partial charge is 0.338 e. The highest BCUT2D eigenvalue weighted by atomic mass is 16.5. The van der Waals surface area contributed by atoms with Gasteiger partial charge < -0.3 is 20.1 Å². The van der Waals surface area contributed by atoms with Gasteiger partial charge in [0.1, 0.15) is 6.04 Å². The van der Waals surface area contributed by atoms with Gasteiger partial charge in [-0.2, -0.15) is 0 Å². The molecule has 1 aromatic rings. The zero-order valence-corrected chi connectivity index (χ0v) is 14.4. The number of methoxy groups -OCH3 is 1. The Kier molecular flexibility index (Phi) is 7.74. The van der Waals surface area contributed by atoms with Crippen LogP contribution >= 0.6 is 0 Å². The second kappa shape index (κ2) is 9.54. The minimum absolute atomic E-state index is 0.0749. The summed E-state index contributed by atoms with van der Waals surface area (Å²) < 4.78 is 9.64. The summed E-state index contributed by atoms with van der Waals surface area (Å²) in [5.74, 6) is -1.04. The number of carbonyl (C=O) groups is 3. The van der Waals surface area contributed by atoms with Crippen molar-refractivity contribution in [3.05, 3.63) is 29.8 Å². The van der Waals surface area contributed by atoms with Crippen molar-refractivity contribution in [2.45, 2.75) is 33.2 Å². The van der Waals surface area contributed by atoms with Crippen molar-refractivity contribution < 1.29 is 23.9 Å². The molecule has 2 amide bonds. The van der Waals surface area contributed by atoms with Crippen LogP contribution in [0.1, 0.15) is 37.6 Å². The fourth-order valence-corrected chi connectivity index (χ4v) is 2.04. The maximum Gasteiger partial charge on any atom is 0.338 e.